The second-order valence-corrected chi connectivity index (χ2v) is 4.85. The summed E-state index contributed by atoms with van der Waals surface area (Å²) in [6.07, 6.45) is 0.860. The van der Waals surface area contributed by atoms with E-state index >= 15 is 0 Å². The molecule has 1 heterocycles. The van der Waals surface area contributed by atoms with Gasteiger partial charge in [0.15, 0.2) is 5.82 Å². The lowest BCUT2D eigenvalue weighted by molar-refractivity contribution is 0.946. The molecular formula is C10H9Br2N3. The standard InChI is InChI=1S/C10H9Br2N3/c1-2-9-13-10(15-14-9)7-5-6(11)3-4-8(7)12/h3-5H,2H2,1H3,(H,13,14,15). The highest BCUT2D eigenvalue weighted by Crippen LogP contribution is 2.28. The zero-order chi connectivity index (χ0) is 10.8. The van der Waals surface area contributed by atoms with E-state index in [1.54, 1.807) is 0 Å². The average Bonchev–Trinajstić information content (AvgIpc) is 2.70. The molecule has 15 heavy (non-hydrogen) atoms. The van der Waals surface area contributed by atoms with Crippen molar-refractivity contribution in [2.45, 2.75) is 13.3 Å². The molecule has 2 aromatic rings. The van der Waals surface area contributed by atoms with Gasteiger partial charge in [0.25, 0.3) is 0 Å². The van der Waals surface area contributed by atoms with Crippen LogP contribution >= 0.6 is 31.9 Å². The quantitative estimate of drug-likeness (QED) is 0.914. The van der Waals surface area contributed by atoms with Crippen LogP contribution in [0, 0.1) is 0 Å². The van der Waals surface area contributed by atoms with Crippen LogP contribution in [0.5, 0.6) is 0 Å². The number of nitrogens with one attached hydrogen (secondary N) is 1. The van der Waals surface area contributed by atoms with Gasteiger partial charge < -0.3 is 0 Å². The van der Waals surface area contributed by atoms with Crippen molar-refractivity contribution in [3.63, 3.8) is 0 Å². The molecule has 1 N–H and O–H groups in total. The number of rotatable bonds is 2. The fourth-order valence-corrected chi connectivity index (χ4v) is 2.03. The Morgan fingerprint density at radius 1 is 1.33 bits per heavy atom. The number of H-pyrrole nitrogens is 1. The van der Waals surface area contributed by atoms with Crippen LogP contribution in [0.25, 0.3) is 11.4 Å². The number of hydrogen-bond donors (Lipinski definition) is 1. The van der Waals surface area contributed by atoms with Crippen molar-refractivity contribution in [2.24, 2.45) is 0 Å². The molecule has 5 heteroatoms. The Balaban J connectivity index is 2.48. The number of aromatic nitrogens is 3. The van der Waals surface area contributed by atoms with E-state index < -0.39 is 0 Å². The van der Waals surface area contributed by atoms with Gasteiger partial charge in [0.05, 0.1) is 0 Å². The van der Waals surface area contributed by atoms with Gasteiger partial charge in [0, 0.05) is 20.9 Å². The summed E-state index contributed by atoms with van der Waals surface area (Å²) < 4.78 is 2.01. The topological polar surface area (TPSA) is 41.6 Å². The molecule has 3 nitrogen and oxygen atoms in total. The minimum Gasteiger partial charge on any atom is -0.263 e. The molecule has 78 valence electrons. The van der Waals surface area contributed by atoms with Gasteiger partial charge in [-0.15, -0.1) is 0 Å². The Morgan fingerprint density at radius 2 is 2.13 bits per heavy atom. The van der Waals surface area contributed by atoms with Crippen molar-refractivity contribution in [3.8, 4) is 11.4 Å². The van der Waals surface area contributed by atoms with Crippen LogP contribution in [0.2, 0.25) is 0 Å². The minimum absolute atomic E-state index is 0.722. The number of aromatic amines is 1. The van der Waals surface area contributed by atoms with Crippen molar-refractivity contribution in [1.29, 1.82) is 0 Å². The molecule has 0 atom stereocenters. The predicted octanol–water partition coefficient (Wildman–Crippen LogP) is 3.56. The maximum absolute atomic E-state index is 4.38. The monoisotopic (exact) mass is 329 g/mol. The average molecular weight is 331 g/mol. The van der Waals surface area contributed by atoms with Crippen LogP contribution in [0.15, 0.2) is 27.1 Å². The Morgan fingerprint density at radius 3 is 2.80 bits per heavy atom. The van der Waals surface area contributed by atoms with Gasteiger partial charge in [0.2, 0.25) is 0 Å². The smallest absolute Gasteiger partial charge is 0.182 e. The number of nitrogens with zero attached hydrogens (tertiary/aromatic N) is 2. The molecule has 0 saturated carbocycles. The first-order valence-electron chi connectivity index (χ1n) is 4.57. The van der Waals surface area contributed by atoms with Gasteiger partial charge in [-0.1, -0.05) is 38.8 Å². The molecule has 0 unspecified atom stereocenters. The van der Waals surface area contributed by atoms with E-state index in [4.69, 9.17) is 0 Å². The second kappa shape index (κ2) is 4.45. The number of hydrogen-bond acceptors (Lipinski definition) is 2. The largest absolute Gasteiger partial charge is 0.263 e. The van der Waals surface area contributed by atoms with Crippen LogP contribution < -0.4 is 0 Å². The summed E-state index contributed by atoms with van der Waals surface area (Å²) in [4.78, 5) is 4.38. The molecule has 0 bridgehead atoms. The van der Waals surface area contributed by atoms with Crippen LogP contribution in [0.4, 0.5) is 0 Å². The van der Waals surface area contributed by atoms with Gasteiger partial charge in [-0.2, -0.15) is 5.10 Å². The first-order valence-corrected chi connectivity index (χ1v) is 6.16. The second-order valence-electron chi connectivity index (χ2n) is 3.08. The van der Waals surface area contributed by atoms with Crippen LogP contribution in [0.3, 0.4) is 0 Å². The molecule has 0 aliphatic heterocycles. The Bertz CT molecular complexity index is 479. The van der Waals surface area contributed by atoms with Crippen molar-refractivity contribution in [3.05, 3.63) is 33.0 Å². The van der Waals surface area contributed by atoms with Crippen molar-refractivity contribution in [1.82, 2.24) is 15.2 Å². The Kier molecular flexibility index (Phi) is 3.21. The van der Waals surface area contributed by atoms with Crippen molar-refractivity contribution >= 4 is 31.9 Å². The summed E-state index contributed by atoms with van der Waals surface area (Å²) in [5.41, 5.74) is 0.986. The fraction of sp³-hybridized carbons (Fsp3) is 0.200. The molecular weight excluding hydrogens is 322 g/mol. The third-order valence-corrected chi connectivity index (χ3v) is 3.22. The van der Waals surface area contributed by atoms with Gasteiger partial charge >= 0.3 is 0 Å². The minimum atomic E-state index is 0.722. The summed E-state index contributed by atoms with van der Waals surface area (Å²) >= 11 is 6.91. The third kappa shape index (κ3) is 2.29. The van der Waals surface area contributed by atoms with E-state index in [-0.39, 0.29) is 0 Å². The normalized spacial score (nSPS) is 10.6. The summed E-state index contributed by atoms with van der Waals surface area (Å²) in [5.74, 6) is 1.62. The molecule has 0 spiro atoms. The molecule has 0 saturated heterocycles. The lowest BCUT2D eigenvalue weighted by atomic mass is 10.2. The molecule has 0 fully saturated rings. The highest BCUT2D eigenvalue weighted by atomic mass is 79.9. The molecule has 0 aliphatic carbocycles. The molecule has 1 aromatic carbocycles. The zero-order valence-corrected chi connectivity index (χ0v) is 11.3. The molecule has 0 amide bonds. The van der Waals surface area contributed by atoms with E-state index in [1.165, 1.54) is 0 Å². The van der Waals surface area contributed by atoms with Gasteiger partial charge in [-0.3, -0.25) is 5.10 Å². The SMILES string of the molecule is CCc1nc(-c2cc(Br)ccc2Br)n[nH]1. The van der Waals surface area contributed by atoms with E-state index in [0.717, 1.165) is 32.6 Å². The Hall–Kier alpha value is -0.680. The lowest BCUT2D eigenvalue weighted by Crippen LogP contribution is -1.84. The summed E-state index contributed by atoms with van der Waals surface area (Å²) in [6, 6.07) is 5.94. The van der Waals surface area contributed by atoms with Crippen LogP contribution in [0.1, 0.15) is 12.7 Å². The first-order chi connectivity index (χ1) is 7.20. The number of halogens is 2. The van der Waals surface area contributed by atoms with E-state index in [1.807, 2.05) is 25.1 Å². The first kappa shape index (κ1) is 10.8. The maximum Gasteiger partial charge on any atom is 0.182 e. The Labute approximate surface area is 105 Å². The van der Waals surface area contributed by atoms with Gasteiger partial charge in [0.1, 0.15) is 5.82 Å². The predicted molar refractivity (Wildman–Crippen MR) is 66.6 cm³/mol. The van der Waals surface area contributed by atoms with Crippen molar-refractivity contribution in [2.75, 3.05) is 0 Å². The number of benzene rings is 1. The van der Waals surface area contributed by atoms with Gasteiger partial charge in [-0.25, -0.2) is 4.98 Å². The summed E-state index contributed by atoms with van der Waals surface area (Å²) in [6.45, 7) is 2.04. The molecule has 0 radical (unpaired) electrons. The van der Waals surface area contributed by atoms with Gasteiger partial charge in [-0.05, 0) is 18.2 Å². The van der Waals surface area contributed by atoms with Crippen LogP contribution in [-0.4, -0.2) is 15.2 Å². The van der Waals surface area contributed by atoms with Crippen LogP contribution in [-0.2, 0) is 6.42 Å². The molecule has 1 aromatic heterocycles. The third-order valence-electron chi connectivity index (χ3n) is 2.04. The van der Waals surface area contributed by atoms with E-state index in [0.29, 0.717) is 0 Å². The highest BCUT2D eigenvalue weighted by molar-refractivity contribution is 9.11. The lowest BCUT2D eigenvalue weighted by Gasteiger charge is -1.99. The summed E-state index contributed by atoms with van der Waals surface area (Å²) in [7, 11) is 0. The molecule has 2 rings (SSSR count). The fourth-order valence-electron chi connectivity index (χ4n) is 1.24. The number of aryl methyl sites for hydroxylation is 1. The highest BCUT2D eigenvalue weighted by Gasteiger charge is 2.08. The van der Waals surface area contributed by atoms with E-state index in [2.05, 4.69) is 47.0 Å². The zero-order valence-electron chi connectivity index (χ0n) is 8.09. The van der Waals surface area contributed by atoms with E-state index in [9.17, 15) is 0 Å². The maximum atomic E-state index is 4.38. The van der Waals surface area contributed by atoms with Crippen molar-refractivity contribution < 1.29 is 0 Å². The summed E-state index contributed by atoms with van der Waals surface area (Å²) in [5, 5.41) is 7.08. The molecule has 0 aliphatic rings.